The summed E-state index contributed by atoms with van der Waals surface area (Å²) in [6.45, 7) is 13.9. The van der Waals surface area contributed by atoms with Crippen LogP contribution in [0, 0.1) is 5.92 Å². The molecule has 2 rings (SSSR count). The Bertz CT molecular complexity index is 595. The van der Waals surface area contributed by atoms with Gasteiger partial charge in [0.15, 0.2) is 5.96 Å². The number of benzene rings is 1. The van der Waals surface area contributed by atoms with Crippen molar-refractivity contribution in [2.24, 2.45) is 10.9 Å². The van der Waals surface area contributed by atoms with Gasteiger partial charge in [0.05, 0.1) is 18.8 Å². The van der Waals surface area contributed by atoms with Gasteiger partial charge < -0.3 is 25.4 Å². The molecule has 1 aliphatic heterocycles. The van der Waals surface area contributed by atoms with Crippen LogP contribution in [0.4, 0.5) is 0 Å². The van der Waals surface area contributed by atoms with E-state index < -0.39 is 6.10 Å². The molecule has 6 nitrogen and oxygen atoms in total. The number of hydrogen-bond acceptors (Lipinski definition) is 4. The van der Waals surface area contributed by atoms with E-state index in [2.05, 4.69) is 34.4 Å². The molecule has 0 aliphatic carbocycles. The van der Waals surface area contributed by atoms with Crippen LogP contribution in [0.2, 0.25) is 0 Å². The Morgan fingerprint density at radius 3 is 2.59 bits per heavy atom. The number of aliphatic imine (C=N–C) groups is 1. The molecule has 166 valence electrons. The van der Waals surface area contributed by atoms with Gasteiger partial charge in [0, 0.05) is 19.6 Å². The molecule has 1 heterocycles. The molecule has 0 saturated carbocycles. The van der Waals surface area contributed by atoms with Crippen molar-refractivity contribution in [1.82, 2.24) is 15.5 Å². The van der Waals surface area contributed by atoms with E-state index in [1.54, 1.807) is 0 Å². The predicted molar refractivity (Wildman–Crippen MR) is 131 cm³/mol. The monoisotopic (exact) mass is 518 g/mol. The van der Waals surface area contributed by atoms with Crippen molar-refractivity contribution in [2.45, 2.75) is 52.7 Å². The zero-order valence-corrected chi connectivity index (χ0v) is 20.7. The lowest BCUT2D eigenvalue weighted by Crippen LogP contribution is -2.40. The highest BCUT2D eigenvalue weighted by Crippen LogP contribution is 2.19. The van der Waals surface area contributed by atoms with Crippen molar-refractivity contribution in [3.05, 3.63) is 29.8 Å². The van der Waals surface area contributed by atoms with Crippen LogP contribution < -0.4 is 15.4 Å². The van der Waals surface area contributed by atoms with Crippen molar-refractivity contribution in [1.29, 1.82) is 0 Å². The average molecular weight is 518 g/mol. The fourth-order valence-corrected chi connectivity index (χ4v) is 3.51. The minimum atomic E-state index is -0.630. The first-order chi connectivity index (χ1) is 13.5. The third-order valence-electron chi connectivity index (χ3n) is 4.87. The van der Waals surface area contributed by atoms with Gasteiger partial charge in [-0.2, -0.15) is 0 Å². The molecule has 1 aromatic carbocycles. The molecule has 0 spiro atoms. The Hall–Kier alpha value is -1.06. The smallest absolute Gasteiger partial charge is 0.191 e. The van der Waals surface area contributed by atoms with Crippen molar-refractivity contribution >= 4 is 29.9 Å². The standard InChI is InChI=1S/C22H38N4O2.HI/c1-5-12-26-13-11-18(16-26)14-24-22(23-6-2)25-15-21(27)19-7-9-20(10-8-19)28-17(3)4;/h7-10,17-18,21,27H,5-6,11-16H2,1-4H3,(H2,23,24,25);1H. The molecular weight excluding hydrogens is 479 g/mol. The molecular formula is C22H39IN4O2. The molecule has 7 heteroatoms. The molecule has 2 unspecified atom stereocenters. The number of aliphatic hydroxyl groups excluding tert-OH is 1. The summed E-state index contributed by atoms with van der Waals surface area (Å²) in [6, 6.07) is 7.60. The minimum Gasteiger partial charge on any atom is -0.491 e. The lowest BCUT2D eigenvalue weighted by atomic mass is 10.1. The molecule has 1 aliphatic rings. The highest BCUT2D eigenvalue weighted by Gasteiger charge is 2.21. The Morgan fingerprint density at radius 1 is 1.24 bits per heavy atom. The number of nitrogens with one attached hydrogen (secondary N) is 2. The zero-order chi connectivity index (χ0) is 20.4. The summed E-state index contributed by atoms with van der Waals surface area (Å²) >= 11 is 0. The molecule has 2 atom stereocenters. The number of ether oxygens (including phenoxy) is 1. The van der Waals surface area contributed by atoms with Gasteiger partial charge >= 0.3 is 0 Å². The second-order valence-corrected chi connectivity index (χ2v) is 7.81. The van der Waals surface area contributed by atoms with Crippen LogP contribution >= 0.6 is 24.0 Å². The number of rotatable bonds is 10. The maximum absolute atomic E-state index is 10.5. The molecule has 0 amide bonds. The van der Waals surface area contributed by atoms with E-state index in [4.69, 9.17) is 4.74 Å². The van der Waals surface area contributed by atoms with E-state index in [0.29, 0.717) is 12.5 Å². The number of guanidine groups is 1. The summed E-state index contributed by atoms with van der Waals surface area (Å²) < 4.78 is 5.65. The number of halogens is 1. The van der Waals surface area contributed by atoms with Gasteiger partial charge in [-0.3, -0.25) is 4.99 Å². The van der Waals surface area contributed by atoms with Crippen LogP contribution in [0.15, 0.2) is 29.3 Å². The summed E-state index contributed by atoms with van der Waals surface area (Å²) in [7, 11) is 0. The van der Waals surface area contributed by atoms with Crippen molar-refractivity contribution in [3.63, 3.8) is 0 Å². The zero-order valence-electron chi connectivity index (χ0n) is 18.4. The molecule has 3 N–H and O–H groups in total. The minimum absolute atomic E-state index is 0. The van der Waals surface area contributed by atoms with Crippen molar-refractivity contribution in [2.75, 3.05) is 39.3 Å². The second-order valence-electron chi connectivity index (χ2n) is 7.81. The number of likely N-dealkylation sites (tertiary alicyclic amines) is 1. The van der Waals surface area contributed by atoms with Gasteiger partial charge in [-0.1, -0.05) is 19.1 Å². The molecule has 0 bridgehead atoms. The van der Waals surface area contributed by atoms with E-state index in [1.807, 2.05) is 38.1 Å². The van der Waals surface area contributed by atoms with Crippen LogP contribution in [0.1, 0.15) is 52.2 Å². The van der Waals surface area contributed by atoms with Crippen LogP contribution in [0.5, 0.6) is 5.75 Å². The van der Waals surface area contributed by atoms with Crippen molar-refractivity contribution < 1.29 is 9.84 Å². The van der Waals surface area contributed by atoms with Crippen LogP contribution in [-0.2, 0) is 0 Å². The van der Waals surface area contributed by atoms with Gasteiger partial charge in [0.25, 0.3) is 0 Å². The fourth-order valence-electron chi connectivity index (χ4n) is 3.51. The summed E-state index contributed by atoms with van der Waals surface area (Å²) in [4.78, 5) is 7.11. The summed E-state index contributed by atoms with van der Waals surface area (Å²) in [6.07, 6.45) is 1.96. The molecule has 0 radical (unpaired) electrons. The molecule has 0 aromatic heterocycles. The Kier molecular flexibility index (Phi) is 12.6. The highest BCUT2D eigenvalue weighted by molar-refractivity contribution is 14.0. The maximum atomic E-state index is 10.5. The third kappa shape index (κ3) is 9.53. The second kappa shape index (κ2) is 14.0. The Morgan fingerprint density at radius 2 is 1.97 bits per heavy atom. The molecule has 29 heavy (non-hydrogen) atoms. The number of nitrogens with zero attached hydrogens (tertiary/aromatic N) is 2. The van der Waals surface area contributed by atoms with Crippen LogP contribution in [0.3, 0.4) is 0 Å². The normalized spacial score (nSPS) is 18.4. The largest absolute Gasteiger partial charge is 0.491 e. The first kappa shape index (κ1) is 26.0. The quantitative estimate of drug-likeness (QED) is 0.252. The van der Waals surface area contributed by atoms with Gasteiger partial charge in [-0.15, -0.1) is 24.0 Å². The van der Waals surface area contributed by atoms with Gasteiger partial charge in [-0.05, 0) is 70.3 Å². The van der Waals surface area contributed by atoms with Crippen LogP contribution in [-0.4, -0.2) is 61.3 Å². The first-order valence-electron chi connectivity index (χ1n) is 10.7. The van der Waals surface area contributed by atoms with Gasteiger partial charge in [0.2, 0.25) is 0 Å². The average Bonchev–Trinajstić information content (AvgIpc) is 3.11. The first-order valence-corrected chi connectivity index (χ1v) is 10.7. The van der Waals surface area contributed by atoms with E-state index in [-0.39, 0.29) is 30.1 Å². The van der Waals surface area contributed by atoms with E-state index in [0.717, 1.165) is 36.9 Å². The fraction of sp³-hybridized carbons (Fsp3) is 0.682. The van der Waals surface area contributed by atoms with Gasteiger partial charge in [-0.25, -0.2) is 0 Å². The number of hydrogen-bond donors (Lipinski definition) is 3. The Balaban J connectivity index is 0.00000420. The number of aliphatic hydroxyl groups is 1. The summed E-state index contributed by atoms with van der Waals surface area (Å²) in [5.41, 5.74) is 0.849. The SMILES string of the molecule is CCCN1CCC(CNC(=NCC(O)c2ccc(OC(C)C)cc2)NCC)C1.I. The van der Waals surface area contributed by atoms with E-state index in [1.165, 1.54) is 25.9 Å². The Labute approximate surface area is 193 Å². The summed E-state index contributed by atoms with van der Waals surface area (Å²) in [5, 5.41) is 17.2. The highest BCUT2D eigenvalue weighted by atomic mass is 127. The summed E-state index contributed by atoms with van der Waals surface area (Å²) in [5.74, 6) is 2.25. The topological polar surface area (TPSA) is 69.1 Å². The van der Waals surface area contributed by atoms with Gasteiger partial charge in [0.1, 0.15) is 5.75 Å². The lowest BCUT2D eigenvalue weighted by Gasteiger charge is -2.17. The predicted octanol–water partition coefficient (Wildman–Crippen LogP) is 3.41. The maximum Gasteiger partial charge on any atom is 0.191 e. The van der Waals surface area contributed by atoms with Crippen LogP contribution in [0.25, 0.3) is 0 Å². The molecule has 1 saturated heterocycles. The molecule has 1 fully saturated rings. The van der Waals surface area contributed by atoms with Crippen molar-refractivity contribution in [3.8, 4) is 5.75 Å². The molecule has 1 aromatic rings. The van der Waals surface area contributed by atoms with E-state index in [9.17, 15) is 5.11 Å². The van der Waals surface area contributed by atoms with E-state index >= 15 is 0 Å². The lowest BCUT2D eigenvalue weighted by molar-refractivity contribution is 0.186. The third-order valence-corrected chi connectivity index (χ3v) is 4.87.